The number of carboxylic acids is 1. The van der Waals surface area contributed by atoms with Crippen molar-refractivity contribution >= 4 is 17.7 Å². The molecule has 0 fully saturated rings. The fourth-order valence-electron chi connectivity index (χ4n) is 1.96. The van der Waals surface area contributed by atoms with Gasteiger partial charge in [0.1, 0.15) is 11.5 Å². The molecule has 0 saturated carbocycles. The summed E-state index contributed by atoms with van der Waals surface area (Å²) in [5.41, 5.74) is 1.08. The van der Waals surface area contributed by atoms with Crippen LogP contribution in [0, 0.1) is 6.92 Å². The number of nitrogens with zero attached hydrogens (tertiary/aromatic N) is 2. The highest BCUT2D eigenvalue weighted by atomic mass is 32.2. The predicted octanol–water partition coefficient (Wildman–Crippen LogP) is 3.13. The van der Waals surface area contributed by atoms with Gasteiger partial charge in [0, 0.05) is 11.9 Å². The summed E-state index contributed by atoms with van der Waals surface area (Å²) in [7, 11) is 0. The minimum atomic E-state index is -0.843. The normalized spacial score (nSPS) is 11.2. The Morgan fingerprint density at radius 2 is 2.25 bits per heavy atom. The predicted molar refractivity (Wildman–Crippen MR) is 77.2 cm³/mol. The van der Waals surface area contributed by atoms with Crippen LogP contribution in [0.1, 0.15) is 37.0 Å². The monoisotopic (exact) mass is 294 g/mol. The highest BCUT2D eigenvalue weighted by Gasteiger charge is 2.15. The van der Waals surface area contributed by atoms with Crippen molar-refractivity contribution in [3.63, 3.8) is 0 Å². The minimum Gasteiger partial charge on any atom is -0.481 e. The molecule has 2 aromatic rings. The van der Waals surface area contributed by atoms with E-state index in [4.69, 9.17) is 9.52 Å². The summed E-state index contributed by atoms with van der Waals surface area (Å²) in [6.07, 6.45) is 1.81. The van der Waals surface area contributed by atoms with Crippen molar-refractivity contribution in [3.05, 3.63) is 35.5 Å². The highest BCUT2D eigenvalue weighted by molar-refractivity contribution is 7.99. The lowest BCUT2D eigenvalue weighted by Crippen LogP contribution is -2.08. The van der Waals surface area contributed by atoms with Crippen LogP contribution < -0.4 is 0 Å². The molecule has 1 N–H and O–H groups in total. The molecule has 0 radical (unpaired) electrons. The molecule has 20 heavy (non-hydrogen) atoms. The largest absolute Gasteiger partial charge is 0.481 e. The van der Waals surface area contributed by atoms with Crippen LogP contribution in [0.5, 0.6) is 0 Å². The third-order valence-electron chi connectivity index (χ3n) is 2.88. The van der Waals surface area contributed by atoms with Gasteiger partial charge < -0.3 is 14.1 Å². The van der Waals surface area contributed by atoms with Crippen molar-refractivity contribution in [2.75, 3.05) is 5.75 Å². The van der Waals surface area contributed by atoms with Crippen molar-refractivity contribution in [2.45, 2.75) is 38.4 Å². The maximum absolute atomic E-state index is 10.7. The summed E-state index contributed by atoms with van der Waals surface area (Å²) < 4.78 is 7.62. The summed E-state index contributed by atoms with van der Waals surface area (Å²) in [6, 6.07) is 3.86. The Balaban J connectivity index is 2.26. The third-order valence-corrected chi connectivity index (χ3v) is 3.85. The van der Waals surface area contributed by atoms with E-state index in [-0.39, 0.29) is 5.75 Å². The SMILES string of the molecule is Cc1ccc(Cn2c(C(C)C)cnc2SCC(=O)O)o1. The Bertz CT molecular complexity index is 601. The number of imidazole rings is 1. The van der Waals surface area contributed by atoms with E-state index in [1.165, 1.54) is 11.8 Å². The van der Waals surface area contributed by atoms with Crippen LogP contribution in [0.25, 0.3) is 0 Å². The third kappa shape index (κ3) is 3.45. The molecule has 0 unspecified atom stereocenters. The molecule has 108 valence electrons. The number of hydrogen-bond acceptors (Lipinski definition) is 4. The van der Waals surface area contributed by atoms with Gasteiger partial charge in [-0.05, 0) is 25.0 Å². The highest BCUT2D eigenvalue weighted by Crippen LogP contribution is 2.25. The van der Waals surface area contributed by atoms with Gasteiger partial charge in [-0.1, -0.05) is 25.6 Å². The van der Waals surface area contributed by atoms with Gasteiger partial charge in [0.05, 0.1) is 12.3 Å². The van der Waals surface area contributed by atoms with Crippen LogP contribution in [0.4, 0.5) is 0 Å². The lowest BCUT2D eigenvalue weighted by molar-refractivity contribution is -0.133. The van der Waals surface area contributed by atoms with E-state index in [9.17, 15) is 4.79 Å². The molecule has 2 rings (SSSR count). The molecule has 0 bridgehead atoms. The Kier molecular flexibility index (Phi) is 4.54. The summed E-state index contributed by atoms with van der Waals surface area (Å²) in [5.74, 6) is 1.19. The molecule has 0 aliphatic rings. The number of thioether (sulfide) groups is 1. The number of aryl methyl sites for hydroxylation is 1. The lowest BCUT2D eigenvalue weighted by Gasteiger charge is -2.12. The first kappa shape index (κ1) is 14.7. The van der Waals surface area contributed by atoms with Gasteiger partial charge in [-0.2, -0.15) is 0 Å². The van der Waals surface area contributed by atoms with E-state index in [0.29, 0.717) is 17.6 Å². The van der Waals surface area contributed by atoms with Crippen molar-refractivity contribution in [3.8, 4) is 0 Å². The molecule has 0 aliphatic heterocycles. The van der Waals surface area contributed by atoms with E-state index >= 15 is 0 Å². The number of furan rings is 1. The standard InChI is InChI=1S/C14H18N2O3S/c1-9(2)12-6-15-14(20-8-13(17)18)16(12)7-11-5-4-10(3)19-11/h4-6,9H,7-8H2,1-3H3,(H,17,18). The zero-order chi connectivity index (χ0) is 14.7. The molecular weight excluding hydrogens is 276 g/mol. The Hall–Kier alpha value is -1.69. The Morgan fingerprint density at radius 1 is 1.50 bits per heavy atom. The quantitative estimate of drug-likeness (QED) is 0.829. The van der Waals surface area contributed by atoms with E-state index in [1.54, 1.807) is 0 Å². The van der Waals surface area contributed by atoms with Crippen molar-refractivity contribution in [2.24, 2.45) is 0 Å². The van der Waals surface area contributed by atoms with Gasteiger partial charge >= 0.3 is 5.97 Å². The molecule has 5 nitrogen and oxygen atoms in total. The van der Waals surface area contributed by atoms with Crippen LogP contribution in [0.3, 0.4) is 0 Å². The topological polar surface area (TPSA) is 68.3 Å². The molecule has 0 atom stereocenters. The van der Waals surface area contributed by atoms with Crippen LogP contribution >= 0.6 is 11.8 Å². The first-order valence-corrected chi connectivity index (χ1v) is 7.41. The van der Waals surface area contributed by atoms with Gasteiger partial charge in [-0.25, -0.2) is 4.98 Å². The first-order chi connectivity index (χ1) is 9.47. The van der Waals surface area contributed by atoms with Crippen LogP contribution in [0.15, 0.2) is 27.9 Å². The fourth-order valence-corrected chi connectivity index (χ4v) is 2.66. The summed E-state index contributed by atoms with van der Waals surface area (Å²) in [5, 5.41) is 9.51. The minimum absolute atomic E-state index is 0.00569. The molecule has 0 aliphatic carbocycles. The smallest absolute Gasteiger partial charge is 0.313 e. The zero-order valence-electron chi connectivity index (χ0n) is 11.8. The van der Waals surface area contributed by atoms with E-state index < -0.39 is 5.97 Å². The summed E-state index contributed by atoms with van der Waals surface area (Å²) >= 11 is 1.23. The van der Waals surface area contributed by atoms with Crippen LogP contribution in [-0.4, -0.2) is 26.4 Å². The van der Waals surface area contributed by atoms with Gasteiger partial charge in [-0.3, -0.25) is 4.79 Å². The molecule has 2 aromatic heterocycles. The van der Waals surface area contributed by atoms with E-state index in [0.717, 1.165) is 17.2 Å². The fraction of sp³-hybridized carbons (Fsp3) is 0.429. The van der Waals surface area contributed by atoms with Gasteiger partial charge in [0.2, 0.25) is 0 Å². The molecule has 2 heterocycles. The van der Waals surface area contributed by atoms with E-state index in [2.05, 4.69) is 18.8 Å². The average molecular weight is 294 g/mol. The Labute approximate surface area is 122 Å². The van der Waals surface area contributed by atoms with Gasteiger partial charge in [-0.15, -0.1) is 0 Å². The first-order valence-electron chi connectivity index (χ1n) is 6.42. The maximum Gasteiger partial charge on any atom is 0.313 e. The number of aromatic nitrogens is 2. The second kappa shape index (κ2) is 6.17. The number of rotatable bonds is 6. The molecule has 6 heteroatoms. The van der Waals surface area contributed by atoms with Crippen molar-refractivity contribution in [1.29, 1.82) is 0 Å². The molecule has 0 amide bonds. The molecule has 0 spiro atoms. The number of carboxylic acid groups (broad SMARTS) is 1. The number of aliphatic carboxylic acids is 1. The van der Waals surface area contributed by atoms with E-state index in [1.807, 2.05) is 29.8 Å². The van der Waals surface area contributed by atoms with Crippen molar-refractivity contribution in [1.82, 2.24) is 9.55 Å². The van der Waals surface area contributed by atoms with Gasteiger partial charge in [0.25, 0.3) is 0 Å². The zero-order valence-corrected chi connectivity index (χ0v) is 12.6. The Morgan fingerprint density at radius 3 is 2.80 bits per heavy atom. The molecule has 0 saturated heterocycles. The second-order valence-electron chi connectivity index (χ2n) is 4.90. The van der Waals surface area contributed by atoms with Crippen LogP contribution in [0.2, 0.25) is 0 Å². The average Bonchev–Trinajstić information content (AvgIpc) is 2.94. The maximum atomic E-state index is 10.7. The molecule has 0 aromatic carbocycles. The van der Waals surface area contributed by atoms with Crippen molar-refractivity contribution < 1.29 is 14.3 Å². The molecular formula is C14H18N2O3S. The number of hydrogen-bond donors (Lipinski definition) is 1. The summed E-state index contributed by atoms with van der Waals surface area (Å²) in [6.45, 7) is 6.66. The second-order valence-corrected chi connectivity index (χ2v) is 5.84. The number of carbonyl (C=O) groups is 1. The lowest BCUT2D eigenvalue weighted by atomic mass is 10.1. The summed E-state index contributed by atoms with van der Waals surface area (Å²) in [4.78, 5) is 15.0. The van der Waals surface area contributed by atoms with Gasteiger partial charge in [0.15, 0.2) is 5.16 Å². The van der Waals surface area contributed by atoms with Crippen LogP contribution in [-0.2, 0) is 11.3 Å².